The molecule has 1 aliphatic heterocycles. The predicted molar refractivity (Wildman–Crippen MR) is 103 cm³/mol. The van der Waals surface area contributed by atoms with Crippen molar-refractivity contribution in [2.24, 2.45) is 0 Å². The molecule has 134 valence electrons. The largest absolute Gasteiger partial charge is 0.491 e. The van der Waals surface area contributed by atoms with Crippen molar-refractivity contribution >= 4 is 34.7 Å². The third-order valence-electron chi connectivity index (χ3n) is 4.14. The predicted octanol–water partition coefficient (Wildman–Crippen LogP) is 4.56. The van der Waals surface area contributed by atoms with Gasteiger partial charge in [0.1, 0.15) is 10.8 Å². The average Bonchev–Trinajstić information content (AvgIpc) is 2.85. The topological polar surface area (TPSA) is 46.6 Å². The Morgan fingerprint density at radius 2 is 1.58 bits per heavy atom. The number of ether oxygens (including phenoxy) is 1. The third-order valence-corrected chi connectivity index (χ3v) is 4.50. The van der Waals surface area contributed by atoms with E-state index in [0.29, 0.717) is 17.0 Å². The van der Waals surface area contributed by atoms with Crippen LogP contribution in [0.4, 0.5) is 5.69 Å². The minimum atomic E-state index is -0.501. The van der Waals surface area contributed by atoms with Crippen molar-refractivity contribution in [1.82, 2.24) is 0 Å². The van der Waals surface area contributed by atoms with E-state index in [4.69, 9.17) is 16.3 Å². The zero-order valence-electron chi connectivity index (χ0n) is 15.0. The number of carbonyl (C=O) groups excluding carboxylic acids is 2. The van der Waals surface area contributed by atoms with Crippen molar-refractivity contribution < 1.29 is 14.3 Å². The fourth-order valence-electron chi connectivity index (χ4n) is 2.84. The van der Waals surface area contributed by atoms with Crippen molar-refractivity contribution in [2.75, 3.05) is 4.90 Å². The van der Waals surface area contributed by atoms with Crippen LogP contribution in [0.3, 0.4) is 0 Å². The van der Waals surface area contributed by atoms with Crippen LogP contribution in [0, 0.1) is 0 Å². The van der Waals surface area contributed by atoms with E-state index in [9.17, 15) is 9.59 Å². The first-order chi connectivity index (χ1) is 12.4. The molecule has 0 aliphatic carbocycles. The Bertz CT molecular complexity index is 867. The van der Waals surface area contributed by atoms with Gasteiger partial charge in [-0.25, -0.2) is 4.90 Å². The molecule has 0 aromatic heterocycles. The van der Waals surface area contributed by atoms with Crippen molar-refractivity contribution in [3.63, 3.8) is 0 Å². The molecule has 0 saturated heterocycles. The molecule has 1 aliphatic rings. The van der Waals surface area contributed by atoms with Crippen LogP contribution in [-0.4, -0.2) is 17.9 Å². The van der Waals surface area contributed by atoms with Gasteiger partial charge in [0.15, 0.2) is 0 Å². The van der Waals surface area contributed by atoms with E-state index in [0.717, 1.165) is 16.9 Å². The fraction of sp³-hybridized carbons (Fsp3) is 0.238. The second-order valence-electron chi connectivity index (χ2n) is 6.35. The highest BCUT2D eigenvalue weighted by atomic mass is 35.5. The molecule has 2 aromatic carbocycles. The molecule has 0 fully saturated rings. The lowest BCUT2D eigenvalue weighted by Gasteiger charge is -2.15. The zero-order valence-corrected chi connectivity index (χ0v) is 15.7. The number of carbonyl (C=O) groups is 2. The molecule has 0 unspecified atom stereocenters. The lowest BCUT2D eigenvalue weighted by molar-refractivity contribution is -0.119. The van der Waals surface area contributed by atoms with Crippen LogP contribution >= 0.6 is 11.6 Å². The molecule has 0 spiro atoms. The molecule has 0 atom stereocenters. The van der Waals surface area contributed by atoms with E-state index >= 15 is 0 Å². The maximum Gasteiger partial charge on any atom is 0.277 e. The molecule has 3 rings (SSSR count). The van der Waals surface area contributed by atoms with Gasteiger partial charge in [0.05, 0.1) is 17.4 Å². The number of aryl methyl sites for hydroxylation is 1. The normalized spacial score (nSPS) is 14.6. The number of halogens is 1. The maximum absolute atomic E-state index is 12.9. The van der Waals surface area contributed by atoms with Crippen molar-refractivity contribution in [2.45, 2.75) is 33.3 Å². The second kappa shape index (κ2) is 7.34. The number of nitrogens with zero attached hydrogens (tertiary/aromatic N) is 1. The van der Waals surface area contributed by atoms with E-state index in [1.165, 1.54) is 0 Å². The highest BCUT2D eigenvalue weighted by molar-refractivity contribution is 6.60. The molecule has 5 heteroatoms. The number of hydrogen-bond acceptors (Lipinski definition) is 3. The Labute approximate surface area is 158 Å². The summed E-state index contributed by atoms with van der Waals surface area (Å²) in [5.74, 6) is -0.218. The number of hydrogen-bond donors (Lipinski definition) is 0. The highest BCUT2D eigenvalue weighted by Crippen LogP contribution is 2.35. The third kappa shape index (κ3) is 3.37. The first-order valence-corrected chi connectivity index (χ1v) is 8.94. The van der Waals surface area contributed by atoms with Crippen LogP contribution in [0.1, 0.15) is 31.9 Å². The zero-order chi connectivity index (χ0) is 18.8. The summed E-state index contributed by atoms with van der Waals surface area (Å²) in [4.78, 5) is 26.6. The molecule has 0 radical (unpaired) electrons. The van der Waals surface area contributed by atoms with Crippen LogP contribution in [0.15, 0.2) is 53.6 Å². The molecule has 0 bridgehead atoms. The first kappa shape index (κ1) is 18.2. The Balaban J connectivity index is 1.90. The van der Waals surface area contributed by atoms with Crippen molar-refractivity contribution in [3.05, 3.63) is 64.7 Å². The highest BCUT2D eigenvalue weighted by Gasteiger charge is 2.39. The van der Waals surface area contributed by atoms with Crippen LogP contribution in [0.5, 0.6) is 5.75 Å². The van der Waals surface area contributed by atoms with Crippen LogP contribution in [0.25, 0.3) is 5.57 Å². The Hall–Kier alpha value is -2.59. The molecule has 0 N–H and O–H groups in total. The molecule has 2 amide bonds. The smallest absolute Gasteiger partial charge is 0.277 e. The van der Waals surface area contributed by atoms with Crippen molar-refractivity contribution in [1.29, 1.82) is 0 Å². The van der Waals surface area contributed by atoms with E-state index in [1.54, 1.807) is 36.4 Å². The van der Waals surface area contributed by atoms with E-state index in [1.807, 2.05) is 32.9 Å². The van der Waals surface area contributed by atoms with E-state index in [2.05, 4.69) is 0 Å². The summed E-state index contributed by atoms with van der Waals surface area (Å²) in [6.07, 6.45) is 0.942. The number of anilines is 1. The summed E-state index contributed by atoms with van der Waals surface area (Å²) in [6, 6.07) is 14.4. The SMILES string of the molecule is CCc1ccc(N2C(=O)C(Cl)=C(c3ccc(OC(C)C)cc3)C2=O)cc1. The average molecular weight is 370 g/mol. The van der Waals surface area contributed by atoms with Gasteiger partial charge in [-0.05, 0) is 55.7 Å². The number of benzene rings is 2. The van der Waals surface area contributed by atoms with Crippen LogP contribution in [0.2, 0.25) is 0 Å². The lowest BCUT2D eigenvalue weighted by Crippen LogP contribution is -2.31. The molecule has 26 heavy (non-hydrogen) atoms. The van der Waals surface area contributed by atoms with Crippen LogP contribution in [-0.2, 0) is 16.0 Å². The van der Waals surface area contributed by atoms with Gasteiger partial charge in [-0.15, -0.1) is 0 Å². The summed E-state index contributed by atoms with van der Waals surface area (Å²) in [5, 5.41) is -0.0629. The van der Waals surface area contributed by atoms with Gasteiger partial charge < -0.3 is 4.74 Å². The molecular formula is C21H20ClNO3. The van der Waals surface area contributed by atoms with Gasteiger partial charge >= 0.3 is 0 Å². The summed E-state index contributed by atoms with van der Waals surface area (Å²) < 4.78 is 5.61. The Kier molecular flexibility index (Phi) is 5.14. The van der Waals surface area contributed by atoms with Crippen molar-refractivity contribution in [3.8, 4) is 5.75 Å². The summed E-state index contributed by atoms with van der Waals surface area (Å²) in [6.45, 7) is 5.92. The van der Waals surface area contributed by atoms with E-state index < -0.39 is 11.8 Å². The number of imide groups is 1. The summed E-state index contributed by atoms with van der Waals surface area (Å²) in [5.41, 5.74) is 2.46. The molecular weight excluding hydrogens is 350 g/mol. The minimum Gasteiger partial charge on any atom is -0.491 e. The minimum absolute atomic E-state index is 0.0555. The fourth-order valence-corrected chi connectivity index (χ4v) is 3.12. The quantitative estimate of drug-likeness (QED) is 0.726. The Morgan fingerprint density at radius 1 is 0.962 bits per heavy atom. The molecule has 2 aromatic rings. The van der Waals surface area contributed by atoms with Gasteiger partial charge in [0.25, 0.3) is 11.8 Å². The maximum atomic E-state index is 12.9. The second-order valence-corrected chi connectivity index (χ2v) is 6.72. The van der Waals surface area contributed by atoms with Gasteiger partial charge in [0.2, 0.25) is 0 Å². The summed E-state index contributed by atoms with van der Waals surface area (Å²) in [7, 11) is 0. The standard InChI is InChI=1S/C21H20ClNO3/c1-4-14-5-9-16(10-6-14)23-20(24)18(19(22)21(23)25)15-7-11-17(12-8-15)26-13(2)3/h5-13H,4H2,1-3H3. The van der Waals surface area contributed by atoms with Gasteiger partial charge in [-0.1, -0.05) is 42.8 Å². The van der Waals surface area contributed by atoms with Gasteiger partial charge in [0, 0.05) is 0 Å². The molecule has 4 nitrogen and oxygen atoms in total. The van der Waals surface area contributed by atoms with Crippen LogP contribution < -0.4 is 9.64 Å². The number of rotatable bonds is 5. The summed E-state index contributed by atoms with van der Waals surface area (Å²) >= 11 is 6.22. The molecule has 1 heterocycles. The first-order valence-electron chi connectivity index (χ1n) is 8.57. The lowest BCUT2D eigenvalue weighted by atomic mass is 10.1. The Morgan fingerprint density at radius 3 is 2.12 bits per heavy atom. The van der Waals surface area contributed by atoms with E-state index in [-0.39, 0.29) is 16.7 Å². The molecule has 0 saturated carbocycles. The number of amides is 2. The van der Waals surface area contributed by atoms with Gasteiger partial charge in [-0.3, -0.25) is 9.59 Å². The van der Waals surface area contributed by atoms with Gasteiger partial charge in [-0.2, -0.15) is 0 Å². The monoisotopic (exact) mass is 369 g/mol.